The number of hydrogen-bond acceptors (Lipinski definition) is 9. The molecule has 0 fully saturated rings. The number of esters is 1. The lowest BCUT2D eigenvalue weighted by Gasteiger charge is -2.23. The van der Waals surface area contributed by atoms with E-state index in [9.17, 15) is 4.79 Å². The molecule has 29 heavy (non-hydrogen) atoms. The van der Waals surface area contributed by atoms with E-state index in [0.717, 1.165) is 0 Å². The summed E-state index contributed by atoms with van der Waals surface area (Å²) in [7, 11) is 8.82. The second kappa shape index (κ2) is 9.92. The van der Waals surface area contributed by atoms with Gasteiger partial charge in [0, 0.05) is 13.2 Å². The van der Waals surface area contributed by atoms with Crippen LogP contribution in [0.1, 0.15) is 17.3 Å². The fraction of sp³-hybridized carbons (Fsp3) is 0.450. The van der Waals surface area contributed by atoms with Crippen molar-refractivity contribution in [3.05, 3.63) is 11.6 Å². The Morgan fingerprint density at radius 3 is 1.86 bits per heavy atom. The Balaban J connectivity index is 3.14. The van der Waals surface area contributed by atoms with Gasteiger partial charge in [0.05, 0.1) is 52.9 Å². The number of benzene rings is 2. The number of rotatable bonds is 10. The summed E-state index contributed by atoms with van der Waals surface area (Å²) in [6, 6.07) is 1.63. The lowest BCUT2D eigenvalue weighted by molar-refractivity contribution is 0.0421. The summed E-state index contributed by atoms with van der Waals surface area (Å²) >= 11 is 0. The number of ether oxygens (including phenoxy) is 8. The highest BCUT2D eigenvalue weighted by atomic mass is 16.7. The highest BCUT2D eigenvalue weighted by molar-refractivity contribution is 6.12. The number of methoxy groups -OCH3 is 6. The Morgan fingerprint density at radius 2 is 1.38 bits per heavy atom. The Hall–Kier alpha value is -3.07. The number of fused-ring (bicyclic) bond motifs is 1. The Morgan fingerprint density at radius 1 is 0.759 bits per heavy atom. The average molecular weight is 410 g/mol. The molecule has 0 saturated heterocycles. The smallest absolute Gasteiger partial charge is 0.345 e. The zero-order chi connectivity index (χ0) is 21.6. The summed E-state index contributed by atoms with van der Waals surface area (Å²) in [6.07, 6.45) is 0. The van der Waals surface area contributed by atoms with Crippen molar-refractivity contribution >= 4 is 16.7 Å². The third-order valence-electron chi connectivity index (χ3n) is 4.18. The van der Waals surface area contributed by atoms with E-state index in [2.05, 4.69) is 0 Å². The monoisotopic (exact) mass is 410 g/mol. The van der Waals surface area contributed by atoms with Gasteiger partial charge in [0.2, 0.25) is 0 Å². The van der Waals surface area contributed by atoms with Crippen molar-refractivity contribution in [3.8, 4) is 34.5 Å². The predicted molar refractivity (Wildman–Crippen MR) is 105 cm³/mol. The van der Waals surface area contributed by atoms with Crippen LogP contribution in [-0.2, 0) is 9.47 Å². The van der Waals surface area contributed by atoms with Crippen LogP contribution < -0.4 is 28.4 Å². The SMILES string of the molecule is CCOC(=O)c1c(OCOC)c(OC)c2c(OC)c(OC)cc(OC)c2c1OC. The second-order valence-corrected chi connectivity index (χ2v) is 5.61. The number of carbonyl (C=O) groups excluding carboxylic acids is 1. The highest BCUT2D eigenvalue weighted by Crippen LogP contribution is 2.55. The summed E-state index contributed by atoms with van der Waals surface area (Å²) in [4.78, 5) is 12.8. The van der Waals surface area contributed by atoms with Crippen molar-refractivity contribution in [3.63, 3.8) is 0 Å². The predicted octanol–water partition coefficient (Wildman–Crippen LogP) is 3.04. The van der Waals surface area contributed by atoms with Gasteiger partial charge in [0.15, 0.2) is 29.8 Å². The fourth-order valence-electron chi connectivity index (χ4n) is 3.07. The van der Waals surface area contributed by atoms with E-state index in [1.165, 1.54) is 42.7 Å². The van der Waals surface area contributed by atoms with Gasteiger partial charge >= 0.3 is 5.97 Å². The second-order valence-electron chi connectivity index (χ2n) is 5.61. The molecule has 0 aliphatic heterocycles. The van der Waals surface area contributed by atoms with E-state index in [0.29, 0.717) is 28.0 Å². The molecule has 9 nitrogen and oxygen atoms in total. The lowest BCUT2D eigenvalue weighted by atomic mass is 9.99. The van der Waals surface area contributed by atoms with Crippen LogP contribution >= 0.6 is 0 Å². The molecule has 0 unspecified atom stereocenters. The van der Waals surface area contributed by atoms with E-state index < -0.39 is 5.97 Å². The minimum Gasteiger partial charge on any atom is -0.496 e. The molecule has 0 spiro atoms. The number of hydrogen-bond donors (Lipinski definition) is 0. The van der Waals surface area contributed by atoms with E-state index in [1.807, 2.05) is 0 Å². The molecule has 0 heterocycles. The van der Waals surface area contributed by atoms with Crippen LogP contribution in [0.25, 0.3) is 10.8 Å². The van der Waals surface area contributed by atoms with Gasteiger partial charge in [-0.2, -0.15) is 0 Å². The van der Waals surface area contributed by atoms with Gasteiger partial charge in [-0.3, -0.25) is 0 Å². The van der Waals surface area contributed by atoms with Crippen molar-refractivity contribution in [1.82, 2.24) is 0 Å². The molecule has 0 atom stereocenters. The molecule has 0 bridgehead atoms. The molecular weight excluding hydrogens is 384 g/mol. The summed E-state index contributed by atoms with van der Waals surface area (Å²) in [5.41, 5.74) is 0.0428. The zero-order valence-corrected chi connectivity index (χ0v) is 17.7. The van der Waals surface area contributed by atoms with Gasteiger partial charge in [-0.25, -0.2) is 4.79 Å². The third-order valence-corrected chi connectivity index (χ3v) is 4.18. The van der Waals surface area contributed by atoms with E-state index in [-0.39, 0.29) is 36.2 Å². The Kier molecular flexibility index (Phi) is 7.60. The first-order valence-electron chi connectivity index (χ1n) is 8.73. The van der Waals surface area contributed by atoms with Crippen LogP contribution in [-0.4, -0.2) is 62.0 Å². The van der Waals surface area contributed by atoms with Crippen molar-refractivity contribution in [1.29, 1.82) is 0 Å². The first-order chi connectivity index (χ1) is 14.0. The molecule has 9 heteroatoms. The van der Waals surface area contributed by atoms with E-state index >= 15 is 0 Å². The first-order valence-corrected chi connectivity index (χ1v) is 8.73. The van der Waals surface area contributed by atoms with Gasteiger partial charge in [-0.15, -0.1) is 0 Å². The molecule has 2 aromatic rings. The number of carbonyl (C=O) groups is 1. The minimum absolute atomic E-state index is 0.0428. The molecule has 0 aromatic heterocycles. The van der Waals surface area contributed by atoms with Gasteiger partial charge in [-0.1, -0.05) is 0 Å². The van der Waals surface area contributed by atoms with Crippen LogP contribution in [0.15, 0.2) is 6.07 Å². The molecule has 0 N–H and O–H groups in total. The average Bonchev–Trinajstić information content (AvgIpc) is 2.74. The van der Waals surface area contributed by atoms with Crippen LogP contribution in [0.3, 0.4) is 0 Å². The zero-order valence-electron chi connectivity index (χ0n) is 17.7. The largest absolute Gasteiger partial charge is 0.496 e. The van der Waals surface area contributed by atoms with Crippen molar-refractivity contribution < 1.29 is 42.7 Å². The van der Waals surface area contributed by atoms with Gasteiger partial charge in [0.1, 0.15) is 17.1 Å². The molecule has 0 aliphatic rings. The maximum Gasteiger partial charge on any atom is 0.345 e. The first kappa shape index (κ1) is 22.2. The Bertz CT molecular complexity index is 877. The molecule has 160 valence electrons. The van der Waals surface area contributed by atoms with Gasteiger partial charge in [-0.05, 0) is 6.92 Å². The van der Waals surface area contributed by atoms with Crippen molar-refractivity contribution in [2.75, 3.05) is 56.1 Å². The summed E-state index contributed by atoms with van der Waals surface area (Å²) in [5.74, 6) is 0.989. The fourth-order valence-corrected chi connectivity index (χ4v) is 3.07. The van der Waals surface area contributed by atoms with E-state index in [4.69, 9.17) is 37.9 Å². The summed E-state index contributed by atoms with van der Waals surface area (Å²) in [5, 5.41) is 0.888. The normalized spacial score (nSPS) is 10.4. The van der Waals surface area contributed by atoms with Crippen LogP contribution in [0.2, 0.25) is 0 Å². The molecule has 0 amide bonds. The third kappa shape index (κ3) is 3.91. The summed E-state index contributed by atoms with van der Waals surface area (Å²) < 4.78 is 43.7. The molecular formula is C20H26O9. The molecule has 0 radical (unpaired) electrons. The standard InChI is InChI=1S/C20H26O9/c1-8-28-20(21)15-17(26-6)13-11(23-3)9-12(24-4)16(25-5)14(13)18(27-7)19(15)29-10-22-2/h9H,8,10H2,1-7H3. The van der Waals surface area contributed by atoms with Gasteiger partial charge < -0.3 is 37.9 Å². The van der Waals surface area contributed by atoms with E-state index in [1.54, 1.807) is 13.0 Å². The summed E-state index contributed by atoms with van der Waals surface area (Å²) in [6.45, 7) is 1.72. The molecule has 2 aromatic carbocycles. The van der Waals surface area contributed by atoms with Crippen molar-refractivity contribution in [2.45, 2.75) is 6.92 Å². The molecule has 0 saturated carbocycles. The van der Waals surface area contributed by atoms with Crippen molar-refractivity contribution in [2.24, 2.45) is 0 Å². The maximum absolute atomic E-state index is 12.8. The van der Waals surface area contributed by atoms with Gasteiger partial charge in [0.25, 0.3) is 0 Å². The lowest BCUT2D eigenvalue weighted by Crippen LogP contribution is -2.13. The van der Waals surface area contributed by atoms with Crippen LogP contribution in [0.4, 0.5) is 0 Å². The molecule has 0 aliphatic carbocycles. The highest BCUT2D eigenvalue weighted by Gasteiger charge is 2.33. The molecule has 2 rings (SSSR count). The Labute approximate surface area is 169 Å². The topological polar surface area (TPSA) is 90.9 Å². The minimum atomic E-state index is -0.646. The van der Waals surface area contributed by atoms with Crippen LogP contribution in [0, 0.1) is 0 Å². The maximum atomic E-state index is 12.8. The van der Waals surface area contributed by atoms with Crippen LogP contribution in [0.5, 0.6) is 34.5 Å². The quantitative estimate of drug-likeness (QED) is 0.433.